The van der Waals surface area contributed by atoms with Crippen molar-refractivity contribution >= 4 is 10.8 Å². The van der Waals surface area contributed by atoms with Gasteiger partial charge in [0.15, 0.2) is 17.5 Å². The van der Waals surface area contributed by atoms with Crippen LogP contribution in [0.2, 0.25) is 0 Å². The Labute approximate surface area is 297 Å². The van der Waals surface area contributed by atoms with E-state index in [-0.39, 0.29) is 5.41 Å². The van der Waals surface area contributed by atoms with Crippen LogP contribution in [-0.2, 0) is 5.41 Å². The average molecular weight is 653 g/mol. The highest BCUT2D eigenvalue weighted by Gasteiger charge is 2.37. The second-order valence-corrected chi connectivity index (χ2v) is 13.6. The van der Waals surface area contributed by atoms with Gasteiger partial charge in [0.1, 0.15) is 0 Å². The maximum atomic E-state index is 9.87. The topological polar surface area (TPSA) is 62.5 Å². The van der Waals surface area contributed by atoms with Gasteiger partial charge in [-0.2, -0.15) is 5.26 Å². The number of nitrogens with zero attached hydrogens (tertiary/aromatic N) is 4. The fourth-order valence-corrected chi connectivity index (χ4v) is 7.50. The lowest BCUT2D eigenvalue weighted by Gasteiger charge is -2.22. The molecular weight excluding hydrogens is 621 g/mol. The van der Waals surface area contributed by atoms with Gasteiger partial charge in [0, 0.05) is 27.7 Å². The van der Waals surface area contributed by atoms with Crippen molar-refractivity contribution in [2.75, 3.05) is 0 Å². The lowest BCUT2D eigenvalue weighted by Crippen LogP contribution is -2.15. The minimum atomic E-state index is -0.199. The van der Waals surface area contributed by atoms with E-state index in [0.717, 1.165) is 66.4 Å². The predicted molar refractivity (Wildman–Crippen MR) is 207 cm³/mol. The van der Waals surface area contributed by atoms with Crippen LogP contribution in [0.25, 0.3) is 78.3 Å². The van der Waals surface area contributed by atoms with Crippen LogP contribution >= 0.6 is 0 Å². The van der Waals surface area contributed by atoms with Crippen LogP contribution in [0.1, 0.15) is 30.5 Å². The Hall–Kier alpha value is -6.70. The Morgan fingerprint density at radius 3 is 1.61 bits per heavy atom. The summed E-state index contributed by atoms with van der Waals surface area (Å²) in [5.41, 5.74) is 12.4. The van der Waals surface area contributed by atoms with Gasteiger partial charge in [-0.1, -0.05) is 147 Å². The van der Waals surface area contributed by atoms with E-state index in [1.807, 2.05) is 72.8 Å². The van der Waals surface area contributed by atoms with Gasteiger partial charge in [-0.15, -0.1) is 0 Å². The molecule has 0 unspecified atom stereocenters. The number of rotatable bonds is 5. The van der Waals surface area contributed by atoms with E-state index in [1.165, 1.54) is 11.1 Å². The fraction of sp³-hybridized carbons (Fsp3) is 0.0638. The first-order valence-corrected chi connectivity index (χ1v) is 17.2. The summed E-state index contributed by atoms with van der Waals surface area (Å²) in [6.07, 6.45) is 0. The lowest BCUT2D eigenvalue weighted by atomic mass is 9.81. The van der Waals surface area contributed by atoms with E-state index in [9.17, 15) is 5.26 Å². The van der Waals surface area contributed by atoms with E-state index in [4.69, 9.17) is 15.0 Å². The first-order valence-electron chi connectivity index (χ1n) is 17.2. The van der Waals surface area contributed by atoms with Crippen LogP contribution < -0.4 is 0 Å². The first-order chi connectivity index (χ1) is 25.0. The molecule has 0 aliphatic heterocycles. The van der Waals surface area contributed by atoms with Crippen LogP contribution in [0.15, 0.2) is 158 Å². The maximum absolute atomic E-state index is 9.87. The summed E-state index contributed by atoms with van der Waals surface area (Å²) in [6, 6.07) is 57.0. The molecule has 1 heterocycles. The molecule has 4 heteroatoms. The van der Waals surface area contributed by atoms with Gasteiger partial charge in [-0.25, -0.2) is 15.0 Å². The van der Waals surface area contributed by atoms with Gasteiger partial charge >= 0.3 is 0 Å². The summed E-state index contributed by atoms with van der Waals surface area (Å²) >= 11 is 0. The quantitative estimate of drug-likeness (QED) is 0.186. The maximum Gasteiger partial charge on any atom is 0.164 e. The summed E-state index contributed by atoms with van der Waals surface area (Å²) in [4.78, 5) is 15.1. The Morgan fingerprint density at radius 1 is 0.431 bits per heavy atom. The van der Waals surface area contributed by atoms with Crippen molar-refractivity contribution in [2.45, 2.75) is 19.3 Å². The van der Waals surface area contributed by atoms with Crippen LogP contribution in [0.5, 0.6) is 0 Å². The third-order valence-electron chi connectivity index (χ3n) is 10.2. The summed E-state index contributed by atoms with van der Waals surface area (Å²) in [6.45, 7) is 4.50. The molecular formula is C47H32N4. The molecule has 51 heavy (non-hydrogen) atoms. The number of nitriles is 1. The summed E-state index contributed by atoms with van der Waals surface area (Å²) in [5.74, 6) is 1.90. The van der Waals surface area contributed by atoms with Crippen molar-refractivity contribution < 1.29 is 0 Å². The smallest absolute Gasteiger partial charge is 0.164 e. The summed E-state index contributed by atoms with van der Waals surface area (Å²) in [5, 5.41) is 12.1. The fourth-order valence-electron chi connectivity index (χ4n) is 7.50. The van der Waals surface area contributed by atoms with Crippen LogP contribution in [0.4, 0.5) is 0 Å². The molecule has 4 nitrogen and oxygen atoms in total. The zero-order valence-corrected chi connectivity index (χ0v) is 28.3. The Morgan fingerprint density at radius 2 is 0.980 bits per heavy atom. The summed E-state index contributed by atoms with van der Waals surface area (Å²) in [7, 11) is 0. The molecule has 1 aromatic heterocycles. The average Bonchev–Trinajstić information content (AvgIpc) is 3.43. The summed E-state index contributed by atoms with van der Waals surface area (Å²) < 4.78 is 0. The highest BCUT2D eigenvalue weighted by atomic mass is 15.0. The molecule has 0 radical (unpaired) electrons. The third kappa shape index (κ3) is 5.19. The van der Waals surface area contributed by atoms with Gasteiger partial charge in [-0.05, 0) is 74.0 Å². The van der Waals surface area contributed by atoms with Gasteiger partial charge in [-0.3, -0.25) is 0 Å². The van der Waals surface area contributed by atoms with E-state index in [0.29, 0.717) is 17.5 Å². The van der Waals surface area contributed by atoms with Crippen LogP contribution in [0.3, 0.4) is 0 Å². The molecule has 240 valence electrons. The van der Waals surface area contributed by atoms with E-state index < -0.39 is 0 Å². The molecule has 0 saturated heterocycles. The molecule has 1 aliphatic rings. The Kier molecular flexibility index (Phi) is 7.15. The van der Waals surface area contributed by atoms with E-state index >= 15 is 0 Å². The van der Waals surface area contributed by atoms with Crippen molar-refractivity contribution in [3.05, 3.63) is 174 Å². The van der Waals surface area contributed by atoms with Gasteiger partial charge in [0.2, 0.25) is 0 Å². The highest BCUT2D eigenvalue weighted by Crippen LogP contribution is 2.51. The van der Waals surface area contributed by atoms with Gasteiger partial charge < -0.3 is 0 Å². The molecule has 0 spiro atoms. The largest absolute Gasteiger partial charge is 0.208 e. The lowest BCUT2D eigenvalue weighted by molar-refractivity contribution is 0.660. The molecule has 7 aromatic carbocycles. The highest BCUT2D eigenvalue weighted by molar-refractivity contribution is 5.96. The Balaban J connectivity index is 1.17. The minimum absolute atomic E-state index is 0.199. The van der Waals surface area contributed by atoms with Crippen LogP contribution in [-0.4, -0.2) is 15.0 Å². The Bertz CT molecular complexity index is 2600. The predicted octanol–water partition coefficient (Wildman–Crippen LogP) is 11.5. The number of benzene rings is 7. The van der Waals surface area contributed by atoms with Crippen molar-refractivity contribution in [1.82, 2.24) is 15.0 Å². The number of aromatic nitrogens is 3. The SMILES string of the molecule is CC1(C)c2cc(-c3ccc(-c4cc5ccccc5cc4-c4nc(-c5ccccc5)nc(-c5ccccc5)n4)cc3)ccc2-c2c(C#N)cccc21. The van der Waals surface area contributed by atoms with Gasteiger partial charge in [0.25, 0.3) is 0 Å². The van der Waals surface area contributed by atoms with Crippen LogP contribution in [0, 0.1) is 11.3 Å². The van der Waals surface area contributed by atoms with Gasteiger partial charge in [0.05, 0.1) is 11.6 Å². The third-order valence-corrected chi connectivity index (χ3v) is 10.2. The minimum Gasteiger partial charge on any atom is -0.208 e. The molecule has 0 N–H and O–H groups in total. The zero-order valence-electron chi connectivity index (χ0n) is 28.3. The monoisotopic (exact) mass is 652 g/mol. The molecule has 0 atom stereocenters. The van der Waals surface area contributed by atoms with Crippen molar-refractivity contribution in [3.63, 3.8) is 0 Å². The molecule has 0 saturated carbocycles. The first kappa shape index (κ1) is 30.4. The molecule has 9 rings (SSSR count). The van der Waals surface area contributed by atoms with E-state index in [2.05, 4.69) is 105 Å². The molecule has 0 bridgehead atoms. The number of fused-ring (bicyclic) bond motifs is 4. The van der Waals surface area contributed by atoms with E-state index in [1.54, 1.807) is 0 Å². The van der Waals surface area contributed by atoms with Crippen molar-refractivity contribution in [3.8, 4) is 73.6 Å². The second-order valence-electron chi connectivity index (χ2n) is 13.6. The number of hydrogen-bond donors (Lipinski definition) is 0. The second kappa shape index (κ2) is 12.0. The molecule has 0 amide bonds. The standard InChI is InChI=1S/C47H32N4/c1-47(2)41-19-11-18-37(29-48)43(41)38-25-24-36(28-42(38)47)30-20-22-31(23-21-30)39-26-34-16-9-10-17-35(34)27-40(39)46-50-44(32-12-5-3-6-13-32)49-45(51-46)33-14-7-4-8-15-33/h3-28H,1-2H3. The van der Waals surface area contributed by atoms with Crippen molar-refractivity contribution in [1.29, 1.82) is 5.26 Å². The number of hydrogen-bond acceptors (Lipinski definition) is 4. The zero-order chi connectivity index (χ0) is 34.5. The molecule has 8 aromatic rings. The molecule has 0 fully saturated rings. The van der Waals surface area contributed by atoms with Crippen molar-refractivity contribution in [2.24, 2.45) is 0 Å². The molecule has 1 aliphatic carbocycles. The normalized spacial score (nSPS) is 12.6.